The number of nitrogen functional groups attached to an aromatic ring is 1. The lowest BCUT2D eigenvalue weighted by Crippen LogP contribution is -2.34. The molecule has 4 rings (SSSR count). The largest absolute Gasteiger partial charge is 0.489 e. The Bertz CT molecular complexity index is 1100. The molecule has 0 bridgehead atoms. The zero-order valence-corrected chi connectivity index (χ0v) is 17.9. The third-order valence-electron chi connectivity index (χ3n) is 6.46. The average molecular weight is 432 g/mol. The summed E-state index contributed by atoms with van der Waals surface area (Å²) in [6.07, 6.45) is 5.05. The van der Waals surface area contributed by atoms with E-state index in [1.54, 1.807) is 7.05 Å². The number of carbonyl (C=O) groups is 1. The van der Waals surface area contributed by atoms with Crippen molar-refractivity contribution in [3.63, 3.8) is 0 Å². The molecule has 1 aromatic carbocycles. The molecule has 1 aromatic heterocycles. The molecule has 2 unspecified atom stereocenters. The second kappa shape index (κ2) is 8.03. The molecule has 9 heteroatoms. The van der Waals surface area contributed by atoms with E-state index in [-0.39, 0.29) is 34.5 Å². The Labute approximate surface area is 179 Å². The van der Waals surface area contributed by atoms with Gasteiger partial charge in [-0.1, -0.05) is 6.92 Å². The number of anilines is 2. The zero-order valence-electron chi connectivity index (χ0n) is 17.9. The first kappa shape index (κ1) is 21.4. The lowest BCUT2D eigenvalue weighted by atomic mass is 9.96. The fourth-order valence-corrected chi connectivity index (χ4v) is 4.65. The van der Waals surface area contributed by atoms with Crippen LogP contribution in [0.1, 0.15) is 43.0 Å². The van der Waals surface area contributed by atoms with Gasteiger partial charge in [0.1, 0.15) is 11.3 Å². The van der Waals surface area contributed by atoms with Crippen molar-refractivity contribution in [2.24, 2.45) is 24.6 Å². The first-order valence-electron chi connectivity index (χ1n) is 10.8. The van der Waals surface area contributed by atoms with E-state index in [0.29, 0.717) is 37.6 Å². The first-order chi connectivity index (χ1) is 14.8. The van der Waals surface area contributed by atoms with Crippen LogP contribution in [-0.2, 0) is 7.05 Å². The van der Waals surface area contributed by atoms with E-state index < -0.39 is 22.8 Å². The molecule has 8 nitrogen and oxygen atoms in total. The van der Waals surface area contributed by atoms with E-state index in [9.17, 15) is 14.7 Å². The number of ether oxygens (including phenoxy) is 1. The highest BCUT2D eigenvalue weighted by Crippen LogP contribution is 2.45. The van der Waals surface area contributed by atoms with Crippen molar-refractivity contribution >= 4 is 28.2 Å². The fourth-order valence-electron chi connectivity index (χ4n) is 4.65. The van der Waals surface area contributed by atoms with Crippen molar-refractivity contribution in [3.8, 4) is 5.75 Å². The van der Waals surface area contributed by atoms with E-state index in [4.69, 9.17) is 16.2 Å². The Morgan fingerprint density at radius 2 is 2.06 bits per heavy atom. The molecule has 2 heterocycles. The Balaban J connectivity index is 1.90. The van der Waals surface area contributed by atoms with Crippen LogP contribution in [0.4, 0.5) is 15.8 Å². The van der Waals surface area contributed by atoms with Crippen molar-refractivity contribution in [1.29, 1.82) is 0 Å². The molecule has 1 aliphatic heterocycles. The number of rotatable bonds is 7. The van der Waals surface area contributed by atoms with E-state index >= 15 is 4.39 Å². The molecule has 1 saturated carbocycles. The summed E-state index contributed by atoms with van der Waals surface area (Å²) in [5, 5.41) is 9.21. The summed E-state index contributed by atoms with van der Waals surface area (Å²) in [6, 6.07) is 0.0911. The minimum atomic E-state index is -1.39. The summed E-state index contributed by atoms with van der Waals surface area (Å²) in [6.45, 7) is 3.44. The zero-order chi connectivity index (χ0) is 22.4. The highest BCUT2D eigenvalue weighted by Gasteiger charge is 2.39. The van der Waals surface area contributed by atoms with Crippen molar-refractivity contribution in [3.05, 3.63) is 27.8 Å². The molecule has 1 aliphatic carbocycles. The summed E-state index contributed by atoms with van der Waals surface area (Å²) in [4.78, 5) is 26.3. The molecule has 2 fully saturated rings. The maximum absolute atomic E-state index is 15.6. The van der Waals surface area contributed by atoms with Crippen LogP contribution in [-0.4, -0.2) is 41.4 Å². The van der Waals surface area contributed by atoms with E-state index in [2.05, 4.69) is 0 Å². The number of carboxylic acid groups (broad SMARTS) is 1. The number of pyridine rings is 1. The molecule has 168 valence electrons. The van der Waals surface area contributed by atoms with Gasteiger partial charge in [0, 0.05) is 32.4 Å². The minimum absolute atomic E-state index is 0.0911. The number of halogens is 1. The Morgan fingerprint density at radius 1 is 1.35 bits per heavy atom. The monoisotopic (exact) mass is 432 g/mol. The van der Waals surface area contributed by atoms with Crippen LogP contribution < -0.4 is 26.5 Å². The van der Waals surface area contributed by atoms with Crippen molar-refractivity contribution in [2.45, 2.75) is 38.6 Å². The summed E-state index contributed by atoms with van der Waals surface area (Å²) < 4.78 is 23.1. The average Bonchev–Trinajstić information content (AvgIpc) is 3.47. The molecule has 2 aromatic rings. The highest BCUT2D eigenvalue weighted by atomic mass is 19.1. The topological polar surface area (TPSA) is 124 Å². The second-order valence-electron chi connectivity index (χ2n) is 8.67. The number of nitrogens with zero attached hydrogens (tertiary/aromatic N) is 2. The number of nitrogens with two attached hydrogens (primary N) is 2. The molecular formula is C22H29FN4O4. The lowest BCUT2D eigenvalue weighted by Gasteiger charge is -2.26. The van der Waals surface area contributed by atoms with E-state index in [1.165, 1.54) is 10.8 Å². The highest BCUT2D eigenvalue weighted by molar-refractivity contribution is 6.03. The lowest BCUT2D eigenvalue weighted by molar-refractivity contribution is 0.0695. The van der Waals surface area contributed by atoms with Gasteiger partial charge >= 0.3 is 5.97 Å². The molecule has 5 N–H and O–H groups in total. The number of fused-ring (bicyclic) bond motifs is 1. The number of benzene rings is 1. The molecular weight excluding hydrogens is 403 g/mol. The molecule has 31 heavy (non-hydrogen) atoms. The maximum atomic E-state index is 15.6. The number of aromatic carboxylic acids is 1. The van der Waals surface area contributed by atoms with Gasteiger partial charge in [0.2, 0.25) is 5.43 Å². The SMILES string of the molecule is CCCOc1c(N2CCC(C(N)C3CC3)C2)c(F)c(N)c2c(=O)c(C(=O)O)cn(C)c12. The number of aromatic nitrogens is 1. The second-order valence-corrected chi connectivity index (χ2v) is 8.67. The van der Waals surface area contributed by atoms with Crippen LogP contribution in [0.2, 0.25) is 0 Å². The van der Waals surface area contributed by atoms with E-state index in [1.807, 2.05) is 11.8 Å². The van der Waals surface area contributed by atoms with Gasteiger partial charge in [0.15, 0.2) is 11.6 Å². The van der Waals surface area contributed by atoms with Crippen LogP contribution in [0, 0.1) is 17.7 Å². The van der Waals surface area contributed by atoms with Gasteiger partial charge in [0.25, 0.3) is 0 Å². The molecule has 0 spiro atoms. The quantitative estimate of drug-likeness (QED) is 0.574. The number of hydrogen-bond acceptors (Lipinski definition) is 6. The van der Waals surface area contributed by atoms with Gasteiger partial charge in [-0.25, -0.2) is 9.18 Å². The van der Waals surface area contributed by atoms with Gasteiger partial charge in [-0.15, -0.1) is 0 Å². The molecule has 1 saturated heterocycles. The van der Waals surface area contributed by atoms with Gasteiger partial charge in [-0.2, -0.15) is 0 Å². The normalized spacial score (nSPS) is 19.7. The van der Waals surface area contributed by atoms with Crippen molar-refractivity contribution < 1.29 is 19.0 Å². The first-order valence-corrected chi connectivity index (χ1v) is 10.8. The van der Waals surface area contributed by atoms with Crippen molar-refractivity contribution in [1.82, 2.24) is 4.57 Å². The van der Waals surface area contributed by atoms with Crippen LogP contribution in [0.5, 0.6) is 5.75 Å². The van der Waals surface area contributed by atoms with Gasteiger partial charge in [-0.05, 0) is 37.5 Å². The fraction of sp³-hybridized carbons (Fsp3) is 0.545. The van der Waals surface area contributed by atoms with Crippen LogP contribution in [0.25, 0.3) is 10.9 Å². The van der Waals surface area contributed by atoms with Gasteiger partial charge in [-0.3, -0.25) is 4.79 Å². The molecule has 2 atom stereocenters. The summed E-state index contributed by atoms with van der Waals surface area (Å²) in [7, 11) is 1.60. The smallest absolute Gasteiger partial charge is 0.341 e. The van der Waals surface area contributed by atoms with Gasteiger partial charge < -0.3 is 30.8 Å². The summed E-state index contributed by atoms with van der Waals surface area (Å²) in [5.74, 6) is -1.12. The minimum Gasteiger partial charge on any atom is -0.489 e. The predicted octanol–water partition coefficient (Wildman–Crippen LogP) is 2.31. The Kier molecular flexibility index (Phi) is 5.55. The molecule has 2 aliphatic rings. The van der Waals surface area contributed by atoms with Crippen LogP contribution in [0.3, 0.4) is 0 Å². The third kappa shape index (κ3) is 3.60. The maximum Gasteiger partial charge on any atom is 0.341 e. The van der Waals surface area contributed by atoms with Crippen LogP contribution in [0.15, 0.2) is 11.0 Å². The van der Waals surface area contributed by atoms with E-state index in [0.717, 1.165) is 19.3 Å². The van der Waals surface area contributed by atoms with Gasteiger partial charge in [0.05, 0.1) is 23.2 Å². The standard InChI is InChI=1S/C22H29FN4O4/c1-3-8-31-21-18-14(20(28)13(22(29)30)10-26(18)2)17(25)15(23)19(21)27-7-6-12(9-27)16(24)11-4-5-11/h10-12,16H,3-9,24-25H2,1-2H3,(H,29,30). The van der Waals surface area contributed by atoms with Crippen LogP contribution >= 0.6 is 0 Å². The van der Waals surface area contributed by atoms with Crippen molar-refractivity contribution in [2.75, 3.05) is 30.3 Å². The molecule has 0 radical (unpaired) electrons. The summed E-state index contributed by atoms with van der Waals surface area (Å²) in [5.41, 5.74) is 11.4. The predicted molar refractivity (Wildman–Crippen MR) is 117 cm³/mol. The Hall–Kier alpha value is -2.81. The number of aryl methyl sites for hydroxylation is 1. The summed E-state index contributed by atoms with van der Waals surface area (Å²) >= 11 is 0. The Morgan fingerprint density at radius 3 is 2.68 bits per heavy atom. The number of hydrogen-bond donors (Lipinski definition) is 3. The number of carboxylic acids is 1. The molecule has 0 amide bonds. The third-order valence-corrected chi connectivity index (χ3v) is 6.46.